The Morgan fingerprint density at radius 3 is 2.65 bits per heavy atom. The lowest BCUT2D eigenvalue weighted by Gasteiger charge is -2.11. The number of carbonyl (C=O) groups excluding carboxylic acids is 1. The standard InChI is InChI=1S/C13H18ClNO2/c1-10(6-7-16)9-15-13(17)8-11-2-4-12(14)5-3-11/h2-5,10,16H,6-9H2,1H3,(H,15,17). The van der Waals surface area contributed by atoms with Gasteiger partial charge in [-0.1, -0.05) is 30.7 Å². The van der Waals surface area contributed by atoms with Crippen molar-refractivity contribution in [1.82, 2.24) is 5.32 Å². The Balaban J connectivity index is 2.32. The van der Waals surface area contributed by atoms with E-state index >= 15 is 0 Å². The van der Waals surface area contributed by atoms with Crippen LogP contribution in [0, 0.1) is 5.92 Å². The normalized spacial score (nSPS) is 12.2. The van der Waals surface area contributed by atoms with Crippen LogP contribution < -0.4 is 5.32 Å². The molecule has 4 heteroatoms. The molecule has 0 spiro atoms. The zero-order valence-electron chi connectivity index (χ0n) is 9.95. The number of amides is 1. The summed E-state index contributed by atoms with van der Waals surface area (Å²) >= 11 is 5.76. The molecule has 0 aromatic heterocycles. The number of hydrogen-bond donors (Lipinski definition) is 2. The molecule has 0 heterocycles. The van der Waals surface area contributed by atoms with Crippen molar-refractivity contribution in [2.24, 2.45) is 5.92 Å². The monoisotopic (exact) mass is 255 g/mol. The molecule has 0 radical (unpaired) electrons. The third-order valence-electron chi connectivity index (χ3n) is 2.55. The summed E-state index contributed by atoms with van der Waals surface area (Å²) in [5, 5.41) is 12.3. The molecule has 94 valence electrons. The Kier molecular flexibility index (Phi) is 6.01. The summed E-state index contributed by atoms with van der Waals surface area (Å²) in [7, 11) is 0. The first kappa shape index (κ1) is 14.0. The zero-order valence-corrected chi connectivity index (χ0v) is 10.7. The average Bonchev–Trinajstić information content (AvgIpc) is 2.30. The lowest BCUT2D eigenvalue weighted by atomic mass is 10.1. The van der Waals surface area contributed by atoms with Gasteiger partial charge >= 0.3 is 0 Å². The van der Waals surface area contributed by atoms with Crippen molar-refractivity contribution in [2.75, 3.05) is 13.2 Å². The second kappa shape index (κ2) is 7.30. The molecule has 1 atom stereocenters. The number of hydrogen-bond acceptors (Lipinski definition) is 2. The van der Waals surface area contributed by atoms with Crippen LogP contribution in [0.5, 0.6) is 0 Å². The number of benzene rings is 1. The molecule has 2 N–H and O–H groups in total. The molecule has 0 fully saturated rings. The lowest BCUT2D eigenvalue weighted by Crippen LogP contribution is -2.29. The van der Waals surface area contributed by atoms with Crippen molar-refractivity contribution in [2.45, 2.75) is 19.8 Å². The maximum Gasteiger partial charge on any atom is 0.224 e. The Labute approximate surface area is 107 Å². The molecule has 0 aliphatic carbocycles. The van der Waals surface area contributed by atoms with Crippen LogP contribution in [-0.2, 0) is 11.2 Å². The Morgan fingerprint density at radius 2 is 2.06 bits per heavy atom. The van der Waals surface area contributed by atoms with Gasteiger partial charge in [0.05, 0.1) is 6.42 Å². The number of rotatable bonds is 6. The number of aliphatic hydroxyl groups is 1. The van der Waals surface area contributed by atoms with Gasteiger partial charge in [0, 0.05) is 18.2 Å². The highest BCUT2D eigenvalue weighted by Gasteiger charge is 2.06. The van der Waals surface area contributed by atoms with E-state index in [0.29, 0.717) is 30.3 Å². The van der Waals surface area contributed by atoms with Gasteiger partial charge in [-0.25, -0.2) is 0 Å². The highest BCUT2D eigenvalue weighted by molar-refractivity contribution is 6.30. The molecule has 1 unspecified atom stereocenters. The van der Waals surface area contributed by atoms with Crippen LogP contribution in [0.4, 0.5) is 0 Å². The molecule has 0 saturated carbocycles. The fourth-order valence-corrected chi connectivity index (χ4v) is 1.59. The lowest BCUT2D eigenvalue weighted by molar-refractivity contribution is -0.120. The Hall–Kier alpha value is -1.06. The molecule has 0 aliphatic heterocycles. The molecule has 0 aliphatic rings. The predicted molar refractivity (Wildman–Crippen MR) is 69.0 cm³/mol. The molecule has 1 aromatic rings. The van der Waals surface area contributed by atoms with E-state index < -0.39 is 0 Å². The summed E-state index contributed by atoms with van der Waals surface area (Å²) in [4.78, 5) is 11.6. The van der Waals surface area contributed by atoms with Gasteiger partial charge in [0.1, 0.15) is 0 Å². The second-order valence-electron chi connectivity index (χ2n) is 4.22. The van der Waals surface area contributed by atoms with Crippen molar-refractivity contribution in [1.29, 1.82) is 0 Å². The second-order valence-corrected chi connectivity index (χ2v) is 4.66. The van der Waals surface area contributed by atoms with Gasteiger partial charge in [-0.2, -0.15) is 0 Å². The molecule has 1 rings (SSSR count). The number of carbonyl (C=O) groups is 1. The minimum Gasteiger partial charge on any atom is -0.396 e. The summed E-state index contributed by atoms with van der Waals surface area (Å²) in [5.41, 5.74) is 0.946. The summed E-state index contributed by atoms with van der Waals surface area (Å²) in [6.45, 7) is 2.76. The van der Waals surface area contributed by atoms with Crippen molar-refractivity contribution >= 4 is 17.5 Å². The molecular weight excluding hydrogens is 238 g/mol. The first-order valence-corrected chi connectivity index (χ1v) is 6.11. The maximum atomic E-state index is 11.6. The van der Waals surface area contributed by atoms with E-state index in [1.54, 1.807) is 12.1 Å². The van der Waals surface area contributed by atoms with Gasteiger partial charge in [0.25, 0.3) is 0 Å². The first-order valence-electron chi connectivity index (χ1n) is 5.74. The fourth-order valence-electron chi connectivity index (χ4n) is 1.46. The molecule has 17 heavy (non-hydrogen) atoms. The van der Waals surface area contributed by atoms with Gasteiger partial charge in [-0.05, 0) is 30.0 Å². The first-order chi connectivity index (χ1) is 8.11. The van der Waals surface area contributed by atoms with E-state index in [1.165, 1.54) is 0 Å². The van der Waals surface area contributed by atoms with Crippen molar-refractivity contribution < 1.29 is 9.90 Å². The van der Waals surface area contributed by atoms with Gasteiger partial charge in [0.15, 0.2) is 0 Å². The number of aliphatic hydroxyl groups excluding tert-OH is 1. The van der Waals surface area contributed by atoms with Crippen LogP contribution in [0.1, 0.15) is 18.9 Å². The predicted octanol–water partition coefficient (Wildman–Crippen LogP) is 2.02. The topological polar surface area (TPSA) is 49.3 Å². The molecule has 1 aromatic carbocycles. The van der Waals surface area contributed by atoms with E-state index in [9.17, 15) is 4.79 Å². The largest absolute Gasteiger partial charge is 0.396 e. The third-order valence-corrected chi connectivity index (χ3v) is 2.80. The van der Waals surface area contributed by atoms with E-state index in [0.717, 1.165) is 5.56 Å². The molecule has 0 bridgehead atoms. The average molecular weight is 256 g/mol. The van der Waals surface area contributed by atoms with E-state index in [4.69, 9.17) is 16.7 Å². The Morgan fingerprint density at radius 1 is 1.41 bits per heavy atom. The number of halogens is 1. The highest BCUT2D eigenvalue weighted by atomic mass is 35.5. The zero-order chi connectivity index (χ0) is 12.7. The van der Waals surface area contributed by atoms with Crippen LogP contribution >= 0.6 is 11.6 Å². The van der Waals surface area contributed by atoms with Gasteiger partial charge < -0.3 is 10.4 Å². The van der Waals surface area contributed by atoms with Gasteiger partial charge in [-0.3, -0.25) is 4.79 Å². The van der Waals surface area contributed by atoms with Gasteiger partial charge in [0.2, 0.25) is 5.91 Å². The van der Waals surface area contributed by atoms with Crippen LogP contribution in [0.2, 0.25) is 5.02 Å². The number of nitrogens with one attached hydrogen (secondary N) is 1. The van der Waals surface area contributed by atoms with E-state index in [-0.39, 0.29) is 12.5 Å². The Bertz CT molecular complexity index is 351. The van der Waals surface area contributed by atoms with Crippen LogP contribution in [0.25, 0.3) is 0 Å². The van der Waals surface area contributed by atoms with Crippen molar-refractivity contribution in [3.63, 3.8) is 0 Å². The maximum absolute atomic E-state index is 11.6. The molecule has 3 nitrogen and oxygen atoms in total. The fraction of sp³-hybridized carbons (Fsp3) is 0.462. The quantitative estimate of drug-likeness (QED) is 0.817. The summed E-state index contributed by atoms with van der Waals surface area (Å²) in [5.74, 6) is 0.297. The third kappa shape index (κ3) is 5.71. The minimum absolute atomic E-state index is 0.00267. The summed E-state index contributed by atoms with van der Waals surface area (Å²) < 4.78 is 0. The SMILES string of the molecule is CC(CCO)CNC(=O)Cc1ccc(Cl)cc1. The highest BCUT2D eigenvalue weighted by Crippen LogP contribution is 2.09. The molecule has 1 amide bonds. The smallest absolute Gasteiger partial charge is 0.224 e. The van der Waals surface area contributed by atoms with E-state index in [2.05, 4.69) is 5.32 Å². The summed E-state index contributed by atoms with van der Waals surface area (Å²) in [6.07, 6.45) is 1.07. The van der Waals surface area contributed by atoms with Crippen LogP contribution in [0.15, 0.2) is 24.3 Å². The van der Waals surface area contributed by atoms with Crippen LogP contribution in [0.3, 0.4) is 0 Å². The van der Waals surface area contributed by atoms with Crippen molar-refractivity contribution in [3.8, 4) is 0 Å². The molecular formula is C13H18ClNO2. The minimum atomic E-state index is -0.00267. The van der Waals surface area contributed by atoms with Gasteiger partial charge in [-0.15, -0.1) is 0 Å². The van der Waals surface area contributed by atoms with Crippen molar-refractivity contribution in [3.05, 3.63) is 34.9 Å². The molecule has 0 saturated heterocycles. The van der Waals surface area contributed by atoms with Crippen LogP contribution in [-0.4, -0.2) is 24.2 Å². The summed E-state index contributed by atoms with van der Waals surface area (Å²) in [6, 6.07) is 7.25. The van der Waals surface area contributed by atoms with E-state index in [1.807, 2.05) is 19.1 Å².